The van der Waals surface area contributed by atoms with Gasteiger partial charge >= 0.3 is 0 Å². The summed E-state index contributed by atoms with van der Waals surface area (Å²) in [5.74, 6) is 1.11. The average molecular weight is 458 g/mol. The SMILES string of the molecule is CC(C)(C)C1CCc2c(sc3nc(CCC(=O)NCc4cccc(Cl)c4)[nH]c(=O)c23)C1. The Morgan fingerprint density at radius 1 is 1.35 bits per heavy atom. The van der Waals surface area contributed by atoms with Gasteiger partial charge in [0.05, 0.1) is 5.39 Å². The summed E-state index contributed by atoms with van der Waals surface area (Å²) in [5.41, 5.74) is 2.31. The van der Waals surface area contributed by atoms with Crippen molar-refractivity contribution < 1.29 is 4.79 Å². The van der Waals surface area contributed by atoms with E-state index in [0.717, 1.165) is 35.0 Å². The molecule has 0 fully saturated rings. The first-order chi connectivity index (χ1) is 14.7. The zero-order valence-electron chi connectivity index (χ0n) is 18.2. The van der Waals surface area contributed by atoms with E-state index in [2.05, 4.69) is 31.1 Å². The predicted octanol–water partition coefficient (Wildman–Crippen LogP) is 5.04. The van der Waals surface area contributed by atoms with E-state index < -0.39 is 0 Å². The largest absolute Gasteiger partial charge is 0.352 e. The van der Waals surface area contributed by atoms with E-state index in [1.807, 2.05) is 18.2 Å². The maximum Gasteiger partial charge on any atom is 0.259 e. The van der Waals surface area contributed by atoms with E-state index in [9.17, 15) is 9.59 Å². The van der Waals surface area contributed by atoms with Crippen molar-refractivity contribution in [1.82, 2.24) is 15.3 Å². The number of hydrogen-bond donors (Lipinski definition) is 2. The molecule has 3 aromatic rings. The van der Waals surface area contributed by atoms with Gasteiger partial charge < -0.3 is 10.3 Å². The van der Waals surface area contributed by atoms with Crippen molar-refractivity contribution >= 4 is 39.1 Å². The molecule has 0 aliphatic heterocycles. The Bertz CT molecular complexity index is 1180. The highest BCUT2D eigenvalue weighted by Gasteiger charge is 2.31. The van der Waals surface area contributed by atoms with Crippen molar-refractivity contribution in [3.05, 3.63) is 61.5 Å². The van der Waals surface area contributed by atoms with Gasteiger partial charge in [-0.15, -0.1) is 11.3 Å². The van der Waals surface area contributed by atoms with Crippen LogP contribution in [0.25, 0.3) is 10.2 Å². The lowest BCUT2D eigenvalue weighted by Gasteiger charge is -2.33. The van der Waals surface area contributed by atoms with Crippen molar-refractivity contribution in [3.8, 4) is 0 Å². The monoisotopic (exact) mass is 457 g/mol. The van der Waals surface area contributed by atoms with Gasteiger partial charge in [-0.3, -0.25) is 9.59 Å². The Kier molecular flexibility index (Phi) is 6.22. The van der Waals surface area contributed by atoms with Crippen LogP contribution in [-0.2, 0) is 30.6 Å². The molecule has 7 heteroatoms. The quantitative estimate of drug-likeness (QED) is 0.563. The molecule has 1 aliphatic carbocycles. The van der Waals surface area contributed by atoms with E-state index in [1.54, 1.807) is 17.4 Å². The molecular formula is C24H28ClN3O2S. The standard InChI is InChI=1S/C24H28ClN3O2S/c1-24(2,3)15-7-8-17-18(12-15)31-23-21(17)22(30)27-19(28-23)9-10-20(29)26-13-14-5-4-6-16(25)11-14/h4-6,11,15H,7-10,12-13H2,1-3H3,(H,26,29)(H,27,28,30). The number of carbonyl (C=O) groups is 1. The number of carbonyl (C=O) groups excluding carboxylic acids is 1. The lowest BCUT2D eigenvalue weighted by Crippen LogP contribution is -2.26. The van der Waals surface area contributed by atoms with Gasteiger partial charge in [-0.1, -0.05) is 44.5 Å². The van der Waals surface area contributed by atoms with Gasteiger partial charge in [0.15, 0.2) is 0 Å². The van der Waals surface area contributed by atoms with Crippen molar-refractivity contribution in [1.29, 1.82) is 0 Å². The third-order valence-electron chi connectivity index (χ3n) is 6.16. The molecule has 1 amide bonds. The smallest absolute Gasteiger partial charge is 0.259 e. The fraction of sp³-hybridized carbons (Fsp3) is 0.458. The minimum Gasteiger partial charge on any atom is -0.352 e. The highest BCUT2D eigenvalue weighted by Crippen LogP contribution is 2.41. The van der Waals surface area contributed by atoms with Crippen LogP contribution in [0.3, 0.4) is 0 Å². The van der Waals surface area contributed by atoms with Crippen LogP contribution in [0, 0.1) is 11.3 Å². The molecule has 0 spiro atoms. The Hall–Kier alpha value is -2.18. The molecule has 31 heavy (non-hydrogen) atoms. The molecule has 164 valence electrons. The molecule has 0 bridgehead atoms. The zero-order chi connectivity index (χ0) is 22.2. The summed E-state index contributed by atoms with van der Waals surface area (Å²) in [4.78, 5) is 34.8. The number of aryl methyl sites for hydroxylation is 2. The number of hydrogen-bond acceptors (Lipinski definition) is 4. The molecule has 2 aromatic heterocycles. The summed E-state index contributed by atoms with van der Waals surface area (Å²) in [5, 5.41) is 4.29. The fourth-order valence-electron chi connectivity index (χ4n) is 4.25. The Labute approximate surface area is 191 Å². The van der Waals surface area contributed by atoms with E-state index in [1.165, 1.54) is 10.4 Å². The number of nitrogens with zero attached hydrogens (tertiary/aromatic N) is 1. The number of aromatic nitrogens is 2. The molecule has 0 saturated carbocycles. The van der Waals surface area contributed by atoms with Crippen molar-refractivity contribution in [3.63, 3.8) is 0 Å². The number of thiophene rings is 1. The molecule has 0 radical (unpaired) electrons. The minimum atomic E-state index is -0.0822. The molecule has 0 saturated heterocycles. The second kappa shape index (κ2) is 8.75. The number of H-pyrrole nitrogens is 1. The molecule has 1 aliphatic rings. The van der Waals surface area contributed by atoms with Gasteiger partial charge in [0, 0.05) is 29.3 Å². The molecule has 2 heterocycles. The summed E-state index contributed by atoms with van der Waals surface area (Å²) in [6.07, 6.45) is 3.73. The van der Waals surface area contributed by atoms with Crippen LogP contribution < -0.4 is 10.9 Å². The number of fused-ring (bicyclic) bond motifs is 3. The van der Waals surface area contributed by atoms with Gasteiger partial charge in [-0.25, -0.2) is 4.98 Å². The Morgan fingerprint density at radius 2 is 2.16 bits per heavy atom. The van der Waals surface area contributed by atoms with Crippen molar-refractivity contribution in [2.24, 2.45) is 11.3 Å². The maximum absolute atomic E-state index is 12.8. The normalized spacial score (nSPS) is 16.3. The number of benzene rings is 1. The second-order valence-electron chi connectivity index (χ2n) is 9.41. The number of amides is 1. The lowest BCUT2D eigenvalue weighted by molar-refractivity contribution is -0.121. The van der Waals surface area contributed by atoms with E-state index >= 15 is 0 Å². The van der Waals surface area contributed by atoms with Gasteiger partial charge in [0.25, 0.3) is 5.56 Å². The van der Waals surface area contributed by atoms with Crippen LogP contribution in [0.15, 0.2) is 29.1 Å². The molecule has 1 aromatic carbocycles. The van der Waals surface area contributed by atoms with E-state index in [-0.39, 0.29) is 23.3 Å². The van der Waals surface area contributed by atoms with Crippen LogP contribution in [0.4, 0.5) is 0 Å². The average Bonchev–Trinajstić information content (AvgIpc) is 3.08. The summed E-state index contributed by atoms with van der Waals surface area (Å²) in [7, 11) is 0. The Balaban J connectivity index is 1.43. The fourth-order valence-corrected chi connectivity index (χ4v) is 5.79. The lowest BCUT2D eigenvalue weighted by atomic mass is 9.72. The third-order valence-corrected chi connectivity index (χ3v) is 7.54. The summed E-state index contributed by atoms with van der Waals surface area (Å²) in [6.45, 7) is 7.29. The molecule has 4 rings (SSSR count). The van der Waals surface area contributed by atoms with Crippen LogP contribution in [0.2, 0.25) is 5.02 Å². The first-order valence-corrected chi connectivity index (χ1v) is 11.9. The first-order valence-electron chi connectivity index (χ1n) is 10.8. The first kappa shape index (κ1) is 22.0. The summed E-state index contributed by atoms with van der Waals surface area (Å²) >= 11 is 7.62. The van der Waals surface area contributed by atoms with Gasteiger partial charge in [0.2, 0.25) is 5.91 Å². The molecule has 5 nitrogen and oxygen atoms in total. The highest BCUT2D eigenvalue weighted by molar-refractivity contribution is 7.18. The van der Waals surface area contributed by atoms with Crippen LogP contribution in [0.1, 0.15) is 55.4 Å². The van der Waals surface area contributed by atoms with Crippen molar-refractivity contribution in [2.45, 2.75) is 59.4 Å². The molecule has 1 atom stereocenters. The van der Waals surface area contributed by atoms with E-state index in [0.29, 0.717) is 29.7 Å². The zero-order valence-corrected chi connectivity index (χ0v) is 19.8. The molecular weight excluding hydrogens is 430 g/mol. The second-order valence-corrected chi connectivity index (χ2v) is 10.9. The summed E-state index contributed by atoms with van der Waals surface area (Å²) < 4.78 is 0. The van der Waals surface area contributed by atoms with Crippen LogP contribution in [-0.4, -0.2) is 15.9 Å². The minimum absolute atomic E-state index is 0.0777. The number of rotatable bonds is 5. The number of nitrogens with one attached hydrogen (secondary N) is 2. The highest BCUT2D eigenvalue weighted by atomic mass is 35.5. The maximum atomic E-state index is 12.8. The predicted molar refractivity (Wildman–Crippen MR) is 127 cm³/mol. The number of halogens is 1. The summed E-state index contributed by atoms with van der Waals surface area (Å²) in [6, 6.07) is 7.41. The topological polar surface area (TPSA) is 74.8 Å². The van der Waals surface area contributed by atoms with Crippen LogP contribution in [0.5, 0.6) is 0 Å². The molecule has 2 N–H and O–H groups in total. The van der Waals surface area contributed by atoms with Crippen molar-refractivity contribution in [2.75, 3.05) is 0 Å². The molecule has 1 unspecified atom stereocenters. The van der Waals surface area contributed by atoms with Gasteiger partial charge in [-0.05, 0) is 53.9 Å². The Morgan fingerprint density at radius 3 is 2.90 bits per heavy atom. The van der Waals surface area contributed by atoms with E-state index in [4.69, 9.17) is 16.6 Å². The van der Waals surface area contributed by atoms with Gasteiger partial charge in [-0.2, -0.15) is 0 Å². The number of aromatic amines is 1. The van der Waals surface area contributed by atoms with Crippen LogP contribution >= 0.6 is 22.9 Å². The third kappa shape index (κ3) is 5.01. The van der Waals surface area contributed by atoms with Gasteiger partial charge in [0.1, 0.15) is 10.7 Å².